The smallest absolute Gasteiger partial charge is 0.137 e. The molecule has 22 heavy (non-hydrogen) atoms. The van der Waals surface area contributed by atoms with Gasteiger partial charge in [0.15, 0.2) is 0 Å². The molecule has 2 rings (SSSR count). The Morgan fingerprint density at radius 1 is 1.36 bits per heavy atom. The van der Waals surface area contributed by atoms with Crippen molar-refractivity contribution in [1.82, 2.24) is 9.38 Å². The zero-order valence-corrected chi connectivity index (χ0v) is 14.1. The summed E-state index contributed by atoms with van der Waals surface area (Å²) in [5.74, 6) is -1.09. The van der Waals surface area contributed by atoms with Crippen molar-refractivity contribution >= 4 is 11.6 Å². The summed E-state index contributed by atoms with van der Waals surface area (Å²) in [6.07, 6.45) is 1.88. The molecule has 1 N–H and O–H groups in total. The minimum Gasteiger partial charge on any atom is -0.550 e. The van der Waals surface area contributed by atoms with Gasteiger partial charge in [-0.3, -0.25) is 4.40 Å². The van der Waals surface area contributed by atoms with E-state index in [2.05, 4.69) is 32.7 Å². The van der Waals surface area contributed by atoms with Crippen molar-refractivity contribution < 1.29 is 14.8 Å². The van der Waals surface area contributed by atoms with E-state index in [9.17, 15) is 9.90 Å². The van der Waals surface area contributed by atoms with Crippen LogP contribution in [0.2, 0.25) is 0 Å². The Morgan fingerprint density at radius 2 is 2.05 bits per heavy atom. The fraction of sp³-hybridized carbons (Fsp3) is 0.529. The number of aliphatic carboxylic acids is 1. The van der Waals surface area contributed by atoms with Gasteiger partial charge in [-0.15, -0.1) is 0 Å². The summed E-state index contributed by atoms with van der Waals surface area (Å²) < 4.78 is 2.02. The number of carboxylic acid groups (broad SMARTS) is 1. The van der Waals surface area contributed by atoms with Gasteiger partial charge in [0.25, 0.3) is 0 Å². The molecule has 0 bridgehead atoms. The van der Waals surface area contributed by atoms with Gasteiger partial charge in [-0.2, -0.15) is 0 Å². The first-order valence-corrected chi connectivity index (χ1v) is 7.74. The normalized spacial score (nSPS) is 13.5. The first kappa shape index (κ1) is 16.5. The monoisotopic (exact) mass is 303 g/mol. The Kier molecular flexibility index (Phi) is 4.56. The van der Waals surface area contributed by atoms with Crippen molar-refractivity contribution in [3.05, 3.63) is 35.3 Å². The van der Waals surface area contributed by atoms with Gasteiger partial charge in [0.2, 0.25) is 0 Å². The second-order valence-corrected chi connectivity index (χ2v) is 6.87. The standard InChI is InChI=1S/C17H25N3O2/c1-6-19(17(3,4)5)11-14-13(9-16(21)22)18-15-8-7-12(2)10-20(14)15/h7-8,10H,6,9,11H2,1-5H3,(H,21,22). The Bertz CT molecular complexity index is 683. The fourth-order valence-corrected chi connectivity index (χ4v) is 2.84. The number of imidazole rings is 1. The first-order chi connectivity index (χ1) is 10.2. The SMILES string of the molecule is CC[NH+](Cc1c(CC(=O)[O-])nc2ccc(C)cn12)C(C)(C)C. The van der Waals surface area contributed by atoms with Gasteiger partial charge in [-0.1, -0.05) is 6.07 Å². The summed E-state index contributed by atoms with van der Waals surface area (Å²) in [6, 6.07) is 3.92. The molecule has 0 radical (unpaired) electrons. The van der Waals surface area contributed by atoms with Gasteiger partial charge in [-0.05, 0) is 46.2 Å². The van der Waals surface area contributed by atoms with Crippen LogP contribution in [0.5, 0.6) is 0 Å². The van der Waals surface area contributed by atoms with Crippen LogP contribution in [0.25, 0.3) is 5.65 Å². The minimum absolute atomic E-state index is 0.0848. The highest BCUT2D eigenvalue weighted by molar-refractivity contribution is 5.68. The highest BCUT2D eigenvalue weighted by Gasteiger charge is 2.26. The van der Waals surface area contributed by atoms with Crippen LogP contribution in [0.15, 0.2) is 18.3 Å². The van der Waals surface area contributed by atoms with E-state index in [0.29, 0.717) is 5.69 Å². The number of nitrogens with zero attached hydrogens (tertiary/aromatic N) is 2. The molecule has 0 aliphatic carbocycles. The van der Waals surface area contributed by atoms with E-state index in [1.807, 2.05) is 29.7 Å². The van der Waals surface area contributed by atoms with Crippen molar-refractivity contribution in [2.45, 2.75) is 53.1 Å². The molecule has 0 aliphatic heterocycles. The molecule has 0 saturated carbocycles. The molecular formula is C17H25N3O2. The van der Waals surface area contributed by atoms with E-state index in [-0.39, 0.29) is 12.0 Å². The molecule has 0 aromatic carbocycles. The van der Waals surface area contributed by atoms with Crippen molar-refractivity contribution in [2.75, 3.05) is 6.54 Å². The highest BCUT2D eigenvalue weighted by atomic mass is 16.4. The summed E-state index contributed by atoms with van der Waals surface area (Å²) >= 11 is 0. The molecule has 1 atom stereocenters. The molecule has 0 amide bonds. The number of quaternary nitrogens is 1. The second-order valence-electron chi connectivity index (χ2n) is 6.87. The molecule has 1 unspecified atom stereocenters. The minimum atomic E-state index is -1.09. The molecule has 0 aliphatic rings. The number of aryl methyl sites for hydroxylation is 1. The van der Waals surface area contributed by atoms with Crippen molar-refractivity contribution in [2.24, 2.45) is 0 Å². The number of nitrogens with one attached hydrogen (secondary N) is 1. The summed E-state index contributed by atoms with van der Waals surface area (Å²) in [6.45, 7) is 12.5. The number of fused-ring (bicyclic) bond motifs is 1. The van der Waals surface area contributed by atoms with Crippen molar-refractivity contribution in [3.8, 4) is 0 Å². The maximum atomic E-state index is 11.0. The second kappa shape index (κ2) is 6.08. The van der Waals surface area contributed by atoms with Crippen LogP contribution >= 0.6 is 0 Å². The number of carbonyl (C=O) groups is 1. The zero-order chi connectivity index (χ0) is 16.5. The number of carbonyl (C=O) groups excluding carboxylic acids is 1. The average Bonchev–Trinajstić information content (AvgIpc) is 2.70. The maximum absolute atomic E-state index is 11.0. The van der Waals surface area contributed by atoms with Crippen LogP contribution in [-0.2, 0) is 17.8 Å². The lowest BCUT2D eigenvalue weighted by molar-refractivity contribution is -0.958. The molecular weight excluding hydrogens is 278 g/mol. The van der Waals surface area contributed by atoms with Crippen molar-refractivity contribution in [3.63, 3.8) is 0 Å². The highest BCUT2D eigenvalue weighted by Crippen LogP contribution is 2.14. The van der Waals surface area contributed by atoms with Gasteiger partial charge in [0, 0.05) is 18.6 Å². The van der Waals surface area contributed by atoms with E-state index in [4.69, 9.17) is 0 Å². The molecule has 5 heteroatoms. The van der Waals surface area contributed by atoms with E-state index in [1.165, 1.54) is 4.90 Å². The molecule has 5 nitrogen and oxygen atoms in total. The third kappa shape index (κ3) is 3.47. The molecule has 2 aromatic heterocycles. The topological polar surface area (TPSA) is 61.9 Å². The van der Waals surface area contributed by atoms with Gasteiger partial charge in [-0.25, -0.2) is 4.98 Å². The summed E-state index contributed by atoms with van der Waals surface area (Å²) in [5, 5.41) is 11.0. The van der Waals surface area contributed by atoms with Crippen LogP contribution in [0.1, 0.15) is 44.6 Å². The summed E-state index contributed by atoms with van der Waals surface area (Å²) in [4.78, 5) is 16.9. The Morgan fingerprint density at radius 3 is 2.59 bits per heavy atom. The third-order valence-electron chi connectivity index (χ3n) is 4.13. The summed E-state index contributed by atoms with van der Waals surface area (Å²) in [7, 11) is 0. The van der Waals surface area contributed by atoms with Gasteiger partial charge in [0.05, 0.1) is 17.8 Å². The molecule has 120 valence electrons. The largest absolute Gasteiger partial charge is 0.550 e. The third-order valence-corrected chi connectivity index (χ3v) is 4.13. The van der Waals surface area contributed by atoms with Crippen LogP contribution in [-0.4, -0.2) is 27.4 Å². The quantitative estimate of drug-likeness (QED) is 0.854. The lowest BCUT2D eigenvalue weighted by Gasteiger charge is -2.31. The predicted octanol–water partition coefficient (Wildman–Crippen LogP) is 0.138. The predicted molar refractivity (Wildman–Crippen MR) is 83.6 cm³/mol. The number of carboxylic acids is 1. The van der Waals surface area contributed by atoms with Gasteiger partial charge >= 0.3 is 0 Å². The van der Waals surface area contributed by atoms with Gasteiger partial charge < -0.3 is 14.8 Å². The summed E-state index contributed by atoms with van der Waals surface area (Å²) in [5.41, 5.74) is 3.58. The molecule has 2 heterocycles. The zero-order valence-electron chi connectivity index (χ0n) is 14.1. The number of rotatable bonds is 5. The Hall–Kier alpha value is -1.88. The Balaban J connectivity index is 2.52. The van der Waals surface area contributed by atoms with Crippen molar-refractivity contribution in [1.29, 1.82) is 0 Å². The van der Waals surface area contributed by atoms with E-state index in [1.54, 1.807) is 0 Å². The van der Waals surface area contributed by atoms with E-state index >= 15 is 0 Å². The molecule has 2 aromatic rings. The average molecular weight is 303 g/mol. The lowest BCUT2D eigenvalue weighted by Crippen LogP contribution is -3.17. The first-order valence-electron chi connectivity index (χ1n) is 7.74. The van der Waals surface area contributed by atoms with Crippen LogP contribution < -0.4 is 10.0 Å². The number of aromatic nitrogens is 2. The molecule has 0 fully saturated rings. The van der Waals surface area contributed by atoms with Crippen LogP contribution in [0.4, 0.5) is 0 Å². The molecule has 0 saturated heterocycles. The lowest BCUT2D eigenvalue weighted by atomic mass is 10.1. The maximum Gasteiger partial charge on any atom is 0.137 e. The molecule has 0 spiro atoms. The number of hydrogen-bond acceptors (Lipinski definition) is 3. The van der Waals surface area contributed by atoms with Crippen LogP contribution in [0, 0.1) is 6.92 Å². The van der Waals surface area contributed by atoms with Gasteiger partial charge in [0.1, 0.15) is 17.9 Å². The van der Waals surface area contributed by atoms with E-state index < -0.39 is 5.97 Å². The number of hydrogen-bond donors (Lipinski definition) is 1. The van der Waals surface area contributed by atoms with E-state index in [0.717, 1.165) is 30.0 Å². The number of pyridine rings is 1. The Labute approximate surface area is 131 Å². The van der Waals surface area contributed by atoms with Crippen LogP contribution in [0.3, 0.4) is 0 Å². The fourth-order valence-electron chi connectivity index (χ4n) is 2.84.